The minimum atomic E-state index is -0.946. The van der Waals surface area contributed by atoms with Gasteiger partial charge in [0, 0.05) is 143 Å². The van der Waals surface area contributed by atoms with E-state index in [0.717, 1.165) is 29.0 Å². The summed E-state index contributed by atoms with van der Waals surface area (Å²) in [5.41, 5.74) is 3.02. The van der Waals surface area contributed by atoms with E-state index in [2.05, 4.69) is 26.0 Å². The number of amides is 5. The van der Waals surface area contributed by atoms with Crippen molar-refractivity contribution in [1.29, 1.82) is 0 Å². The molecule has 34 nitrogen and oxygen atoms in total. The van der Waals surface area contributed by atoms with Gasteiger partial charge in [0.15, 0.2) is 45.4 Å². The molecule has 0 bridgehead atoms. The molecular formula is C91H96BF4N12O22-. The molecule has 8 N–H and O–H groups in total. The van der Waals surface area contributed by atoms with Crippen molar-refractivity contribution in [1.82, 2.24) is 53.2 Å². The number of aromatic nitrogens is 6. The number of nitrogens with two attached hydrogens (primary N) is 1. The first-order valence-electron chi connectivity index (χ1n) is 39.6. The minimum absolute atomic E-state index is 0. The average Bonchev–Trinajstić information content (AvgIpc) is 0.775. The van der Waals surface area contributed by atoms with Gasteiger partial charge in [0.1, 0.15) is 65.0 Å². The summed E-state index contributed by atoms with van der Waals surface area (Å²) in [5.74, 6) is -7.92. The van der Waals surface area contributed by atoms with E-state index in [1.165, 1.54) is 165 Å². The Balaban J connectivity index is 0.000000210. The van der Waals surface area contributed by atoms with Crippen molar-refractivity contribution in [3.8, 4) is 23.0 Å². The van der Waals surface area contributed by atoms with E-state index in [1.54, 1.807) is 55.9 Å². The van der Waals surface area contributed by atoms with Gasteiger partial charge < -0.3 is 107 Å². The Hall–Kier alpha value is -15.2. The number of halogens is 4. The standard InChI is InChI=1S/C26H24FN3O5.C24H21FN2O6.C19H20FN3O5.C19H18FN3O5.C3H9NO.BH4/c1-34-14-13-29-11-12-30-16-21(25(32)28-15-18-7-9-20(27)10-8-18)23(31)24(22(30)26(29)33)35-17-19-5-3-2-4-6-19;1-32-24(31)20-22(33-15-17-5-3-2-4-6-17)21(29)19(14-27(20)11-12-28)23(30)26-13-16-7-9-18(25)10-8-16;2*1-28-9-8-22-6-7-23-11-14(16(24)17(25)15(23)19(22)27)18(26)21-10-12-2-4-13(20)5-3-12;1-5-3-2-4;/h2-12,16H,13-15,17H2,1H3,(H,28,32);2-10,12,14H,11,13,15H2,1H3,(H,26,30);2-5,11,25H,6-10H2,1H3,(H,21,26);2-7,11,25H,8-10H2,1H3,(H,21,26);2-4H2,1H3;1H4/q;;;;;-1. The van der Waals surface area contributed by atoms with Crippen molar-refractivity contribution >= 4 is 61.2 Å². The normalized spacial score (nSPS) is 11.1. The number of methoxy groups -OCH3 is 5. The predicted molar refractivity (Wildman–Crippen MR) is 474 cm³/mol. The molecule has 39 heteroatoms. The smallest absolute Gasteiger partial charge is 0.358 e. The van der Waals surface area contributed by atoms with Gasteiger partial charge in [-0.1, -0.05) is 118 Å². The molecule has 0 spiro atoms. The Morgan fingerprint density at radius 2 is 0.792 bits per heavy atom. The number of benzene rings is 6. The van der Waals surface area contributed by atoms with E-state index in [1.807, 2.05) is 36.4 Å². The van der Waals surface area contributed by atoms with Gasteiger partial charge in [0.05, 0.1) is 40.1 Å². The largest absolute Gasteiger partial charge is 0.503 e. The van der Waals surface area contributed by atoms with Crippen LogP contribution in [0.1, 0.15) is 95.8 Å². The molecule has 0 fully saturated rings. The molecule has 0 radical (unpaired) electrons. The van der Waals surface area contributed by atoms with Crippen molar-refractivity contribution in [3.05, 3.63) is 359 Å². The lowest BCUT2D eigenvalue weighted by molar-refractivity contribution is -0.108. The number of ether oxygens (including phenoxy) is 7. The lowest BCUT2D eigenvalue weighted by Crippen LogP contribution is -2.44. The fourth-order valence-electron chi connectivity index (χ4n) is 12.5. The number of fused-ring (bicyclic) bond motifs is 3. The summed E-state index contributed by atoms with van der Waals surface area (Å²) >= 11 is 0. The van der Waals surface area contributed by atoms with Crippen molar-refractivity contribution in [2.75, 3.05) is 81.6 Å². The second kappa shape index (κ2) is 49.6. The highest BCUT2D eigenvalue weighted by Crippen LogP contribution is 2.24. The van der Waals surface area contributed by atoms with Gasteiger partial charge in [-0.15, -0.1) is 0 Å². The number of carbonyl (C=O) groups excluding carboxylic acids is 7. The molecule has 0 aliphatic carbocycles. The molecule has 0 unspecified atom stereocenters. The fourth-order valence-corrected chi connectivity index (χ4v) is 12.5. The maximum atomic E-state index is 13.4. The number of rotatable bonds is 32. The van der Waals surface area contributed by atoms with E-state index in [9.17, 15) is 90.1 Å². The number of nitrogens with zero attached hydrogens (tertiary/aromatic N) is 7. The third-order valence-corrected chi connectivity index (χ3v) is 19.2. The maximum absolute atomic E-state index is 13.4. The number of nitrogens with one attached hydrogen (secondary N) is 4. The van der Waals surface area contributed by atoms with Crippen LogP contribution in [0.15, 0.2) is 236 Å². The molecule has 0 saturated heterocycles. The van der Waals surface area contributed by atoms with E-state index >= 15 is 0 Å². The lowest BCUT2D eigenvalue weighted by atomic mass is 10.1. The number of hydrogen-bond acceptors (Lipinski definition) is 23. The van der Waals surface area contributed by atoms with Crippen molar-refractivity contribution < 1.29 is 94.5 Å². The molecule has 6 aromatic carbocycles. The third-order valence-electron chi connectivity index (χ3n) is 19.2. The zero-order valence-electron chi connectivity index (χ0n) is 70.5. The van der Waals surface area contributed by atoms with Crippen LogP contribution in [0, 0.1) is 23.3 Å². The molecular weight excluding hydrogens is 1700 g/mol. The van der Waals surface area contributed by atoms with Gasteiger partial charge in [-0.3, -0.25) is 52.7 Å². The zero-order valence-corrected chi connectivity index (χ0v) is 70.5. The molecule has 7 heterocycles. The highest BCUT2D eigenvalue weighted by atomic mass is 19.1. The highest BCUT2D eigenvalue weighted by Gasteiger charge is 2.32. The fraction of sp³-hybridized carbons (Fsp3) is 0.242. The Bertz CT molecular complexity index is 6320. The SMILES string of the molecule is COC(=O)c1c(OCc2ccccc2)c(=O)c(C(=O)NCc2ccc(F)cc2)cn1CC=O.COCCN.COCCN1CCn2cc(C(=O)NCc3ccc(F)cc3)c(=O)c(O)c2C1=O.COCCn1ccn2cc(C(=O)NCc3ccc(F)cc3)c(=O)c(O)c2c1=O.COCCn1ccn2cc(C(=O)NCc3ccc(F)cc3)c(=O)c(OCc3ccccc3)c2c1=O.[BH4-]. The summed E-state index contributed by atoms with van der Waals surface area (Å²) in [5, 5.41) is 30.8. The molecule has 6 aromatic heterocycles. The molecule has 5 amide bonds. The number of carbonyl (C=O) groups is 7. The van der Waals surface area contributed by atoms with Gasteiger partial charge >= 0.3 is 5.97 Å². The quantitative estimate of drug-likeness (QED) is 0.0126. The molecule has 13 rings (SSSR count). The Kier molecular flexibility index (Phi) is 38.3. The van der Waals surface area contributed by atoms with Crippen LogP contribution in [0.5, 0.6) is 23.0 Å². The Morgan fingerprint density at radius 1 is 0.423 bits per heavy atom. The van der Waals surface area contributed by atoms with Crippen molar-refractivity contribution in [2.45, 2.75) is 65.6 Å². The second-order valence-electron chi connectivity index (χ2n) is 28.0. The van der Waals surface area contributed by atoms with Crippen LogP contribution in [0.4, 0.5) is 17.6 Å². The van der Waals surface area contributed by atoms with Crippen LogP contribution in [0.3, 0.4) is 0 Å². The van der Waals surface area contributed by atoms with Gasteiger partial charge in [0.2, 0.25) is 21.7 Å². The Morgan fingerprint density at radius 3 is 1.19 bits per heavy atom. The van der Waals surface area contributed by atoms with Gasteiger partial charge in [0.25, 0.3) is 40.7 Å². The lowest BCUT2D eigenvalue weighted by Gasteiger charge is -2.30. The summed E-state index contributed by atoms with van der Waals surface area (Å²) in [6.45, 7) is 3.75. The monoisotopic (exact) mass is 1800 g/mol. The maximum Gasteiger partial charge on any atom is 0.358 e. The number of aldehydes is 1. The van der Waals surface area contributed by atoms with Gasteiger partial charge in [-0.05, 0) is 81.9 Å². The first kappa shape index (κ1) is 100. The summed E-state index contributed by atoms with van der Waals surface area (Å²) in [6.07, 6.45) is 11.5. The summed E-state index contributed by atoms with van der Waals surface area (Å²) in [6, 6.07) is 40.3. The number of esters is 1. The van der Waals surface area contributed by atoms with Crippen LogP contribution in [-0.4, -0.2) is 174 Å². The second-order valence-corrected chi connectivity index (χ2v) is 28.0. The highest BCUT2D eigenvalue weighted by molar-refractivity contribution is 6.00. The molecule has 1 aliphatic heterocycles. The van der Waals surface area contributed by atoms with Gasteiger partial charge in [-0.25, -0.2) is 22.4 Å². The van der Waals surface area contributed by atoms with Crippen LogP contribution in [-0.2, 0) is 94.1 Å². The first-order chi connectivity index (χ1) is 62.2. The molecule has 130 heavy (non-hydrogen) atoms. The average molecular weight is 1800 g/mol. The van der Waals surface area contributed by atoms with E-state index in [4.69, 9.17) is 34.2 Å². The van der Waals surface area contributed by atoms with Crippen LogP contribution < -0.4 is 69.3 Å². The molecule has 684 valence electrons. The summed E-state index contributed by atoms with van der Waals surface area (Å²) in [4.78, 5) is 165. The van der Waals surface area contributed by atoms with Gasteiger partial charge in [-0.2, -0.15) is 0 Å². The van der Waals surface area contributed by atoms with E-state index in [0.29, 0.717) is 74.5 Å². The zero-order chi connectivity index (χ0) is 93.2. The number of pyridine rings is 4. The number of aromatic hydroxyl groups is 2. The minimum Gasteiger partial charge on any atom is -0.503 e. The van der Waals surface area contributed by atoms with Crippen molar-refractivity contribution in [2.24, 2.45) is 5.73 Å². The first-order valence-corrected chi connectivity index (χ1v) is 39.6. The van der Waals surface area contributed by atoms with E-state index < -0.39 is 103 Å². The van der Waals surface area contributed by atoms with Crippen LogP contribution >= 0.6 is 0 Å². The number of hydrogen-bond donors (Lipinski definition) is 7. The molecule has 12 aromatic rings. The summed E-state index contributed by atoms with van der Waals surface area (Å²) in [7, 11) is 7.29. The topological polar surface area (TPSA) is 433 Å². The third kappa shape index (κ3) is 26.9. The molecule has 0 atom stereocenters. The van der Waals surface area contributed by atoms with Crippen LogP contribution in [0.25, 0.3) is 11.0 Å². The molecule has 1 aliphatic rings. The Labute approximate surface area is 740 Å². The predicted octanol–water partition coefficient (Wildman–Crippen LogP) is 4.99. The summed E-state index contributed by atoms with van der Waals surface area (Å²) < 4.78 is 95.8. The van der Waals surface area contributed by atoms with E-state index in [-0.39, 0.29) is 130 Å². The van der Waals surface area contributed by atoms with Crippen molar-refractivity contribution in [3.63, 3.8) is 0 Å². The van der Waals surface area contributed by atoms with Crippen LogP contribution in [0.2, 0.25) is 0 Å². The molecule has 0 saturated carbocycles.